The minimum atomic E-state index is -0.884. The maximum absolute atomic E-state index is 12.9. The van der Waals surface area contributed by atoms with Crippen molar-refractivity contribution in [1.29, 1.82) is 0 Å². The monoisotopic (exact) mass is 289 g/mol. The van der Waals surface area contributed by atoms with Gasteiger partial charge in [-0.2, -0.15) is 0 Å². The number of hydrogen-bond acceptors (Lipinski definition) is 2. The number of aromatic amines is 1. The Morgan fingerprint density at radius 3 is 2.86 bits per heavy atom. The zero-order valence-corrected chi connectivity index (χ0v) is 11.4. The molecular weight excluding hydrogens is 273 g/mol. The number of aromatic nitrogens is 2. The summed E-state index contributed by atoms with van der Waals surface area (Å²) >= 11 is 0. The van der Waals surface area contributed by atoms with Crippen LogP contribution in [0.4, 0.5) is 9.18 Å². The van der Waals surface area contributed by atoms with Gasteiger partial charge in [-0.25, -0.2) is 14.2 Å². The molecule has 1 saturated heterocycles. The van der Waals surface area contributed by atoms with E-state index in [0.29, 0.717) is 13.1 Å². The van der Waals surface area contributed by atoms with E-state index in [4.69, 9.17) is 5.11 Å². The molecule has 1 aliphatic rings. The number of halogens is 1. The van der Waals surface area contributed by atoms with Crippen LogP contribution >= 0.6 is 0 Å². The normalized spacial score (nSPS) is 18.7. The summed E-state index contributed by atoms with van der Waals surface area (Å²) in [6, 6.07) is 6.19. The van der Waals surface area contributed by atoms with Crippen LogP contribution in [-0.2, 0) is 0 Å². The molecule has 3 rings (SSSR count). The number of carboxylic acid groups (broad SMARTS) is 1. The van der Waals surface area contributed by atoms with Gasteiger partial charge >= 0.3 is 6.09 Å². The lowest BCUT2D eigenvalue weighted by Crippen LogP contribution is -2.38. The van der Waals surface area contributed by atoms with Gasteiger partial charge in [0.1, 0.15) is 11.6 Å². The first-order valence-corrected chi connectivity index (χ1v) is 6.92. The molecule has 1 aromatic carbocycles. The van der Waals surface area contributed by atoms with E-state index in [0.717, 1.165) is 29.9 Å². The standard InChI is InChI=1S/C15H16FN3O2/c16-12-5-3-10(4-6-12)13-8-17-14(18-13)11-2-1-7-19(9-11)15(20)21/h3-6,8,11H,1-2,7,9H2,(H,17,18)(H,20,21). The van der Waals surface area contributed by atoms with Gasteiger partial charge in [-0.1, -0.05) is 0 Å². The molecule has 2 aromatic rings. The molecule has 5 nitrogen and oxygen atoms in total. The van der Waals surface area contributed by atoms with Gasteiger partial charge in [0.25, 0.3) is 0 Å². The lowest BCUT2D eigenvalue weighted by Gasteiger charge is -2.29. The minimum Gasteiger partial charge on any atom is -0.465 e. The van der Waals surface area contributed by atoms with Crippen molar-refractivity contribution in [2.24, 2.45) is 0 Å². The van der Waals surface area contributed by atoms with E-state index in [1.807, 2.05) is 0 Å². The Hall–Kier alpha value is -2.37. The zero-order valence-electron chi connectivity index (χ0n) is 11.4. The fraction of sp³-hybridized carbons (Fsp3) is 0.333. The van der Waals surface area contributed by atoms with Crippen LogP contribution in [0.2, 0.25) is 0 Å². The molecular formula is C15H16FN3O2. The number of rotatable bonds is 2. The van der Waals surface area contributed by atoms with Crippen molar-refractivity contribution in [2.45, 2.75) is 18.8 Å². The van der Waals surface area contributed by atoms with E-state index in [1.165, 1.54) is 17.0 Å². The van der Waals surface area contributed by atoms with Gasteiger partial charge in [-0.15, -0.1) is 0 Å². The van der Waals surface area contributed by atoms with Gasteiger partial charge < -0.3 is 15.0 Å². The first-order chi connectivity index (χ1) is 10.1. The summed E-state index contributed by atoms with van der Waals surface area (Å²) in [4.78, 5) is 20.1. The van der Waals surface area contributed by atoms with Crippen molar-refractivity contribution in [2.75, 3.05) is 13.1 Å². The van der Waals surface area contributed by atoms with E-state index in [2.05, 4.69) is 9.97 Å². The van der Waals surface area contributed by atoms with Crippen molar-refractivity contribution >= 4 is 6.09 Å². The molecule has 1 unspecified atom stereocenters. The molecule has 1 aliphatic heterocycles. The highest BCUT2D eigenvalue weighted by Crippen LogP contribution is 2.27. The fourth-order valence-corrected chi connectivity index (χ4v) is 2.69. The Kier molecular flexibility index (Phi) is 3.60. The smallest absolute Gasteiger partial charge is 0.407 e. The van der Waals surface area contributed by atoms with Crippen LogP contribution in [0.5, 0.6) is 0 Å². The Morgan fingerprint density at radius 1 is 1.38 bits per heavy atom. The number of carbonyl (C=O) groups is 1. The van der Waals surface area contributed by atoms with E-state index in [-0.39, 0.29) is 11.7 Å². The van der Waals surface area contributed by atoms with Crippen LogP contribution in [0.15, 0.2) is 30.5 Å². The summed E-state index contributed by atoms with van der Waals surface area (Å²) in [5.41, 5.74) is 1.68. The molecule has 110 valence electrons. The van der Waals surface area contributed by atoms with Crippen LogP contribution in [0.25, 0.3) is 11.3 Å². The van der Waals surface area contributed by atoms with Crippen molar-refractivity contribution in [3.63, 3.8) is 0 Å². The average molecular weight is 289 g/mol. The molecule has 21 heavy (non-hydrogen) atoms. The van der Waals surface area contributed by atoms with Gasteiger partial charge in [0.05, 0.1) is 11.9 Å². The van der Waals surface area contributed by atoms with Crippen LogP contribution in [0, 0.1) is 5.82 Å². The summed E-state index contributed by atoms with van der Waals surface area (Å²) < 4.78 is 12.9. The molecule has 2 N–H and O–H groups in total. The van der Waals surface area contributed by atoms with Crippen molar-refractivity contribution in [3.8, 4) is 11.3 Å². The maximum atomic E-state index is 12.9. The molecule has 1 fully saturated rings. The predicted molar refractivity (Wildman–Crippen MR) is 75.6 cm³/mol. The van der Waals surface area contributed by atoms with Gasteiger partial charge in [0.15, 0.2) is 0 Å². The number of H-pyrrole nitrogens is 1. The molecule has 0 bridgehead atoms. The van der Waals surface area contributed by atoms with Crippen LogP contribution in [0.1, 0.15) is 24.6 Å². The fourth-order valence-electron chi connectivity index (χ4n) is 2.69. The highest BCUT2D eigenvalue weighted by molar-refractivity contribution is 5.65. The topological polar surface area (TPSA) is 69.2 Å². The minimum absolute atomic E-state index is 0.0871. The number of piperidine rings is 1. The molecule has 1 amide bonds. The third-order valence-corrected chi connectivity index (χ3v) is 3.83. The summed E-state index contributed by atoms with van der Waals surface area (Å²) in [6.45, 7) is 1.04. The largest absolute Gasteiger partial charge is 0.465 e. The van der Waals surface area contributed by atoms with Gasteiger partial charge in [0.2, 0.25) is 0 Å². The summed E-state index contributed by atoms with van der Waals surface area (Å²) in [5, 5.41) is 9.07. The number of imidazole rings is 1. The first-order valence-electron chi connectivity index (χ1n) is 6.92. The number of nitrogens with zero attached hydrogens (tertiary/aromatic N) is 2. The maximum Gasteiger partial charge on any atom is 0.407 e. The number of likely N-dealkylation sites (tertiary alicyclic amines) is 1. The average Bonchev–Trinajstić information content (AvgIpc) is 2.98. The molecule has 1 aromatic heterocycles. The third kappa shape index (κ3) is 2.89. The van der Waals surface area contributed by atoms with Gasteiger partial charge in [-0.3, -0.25) is 0 Å². The SMILES string of the molecule is O=C(O)N1CCCC(c2ncc(-c3ccc(F)cc3)[nH]2)C1. The molecule has 0 spiro atoms. The Labute approximate surface area is 121 Å². The lowest BCUT2D eigenvalue weighted by molar-refractivity contribution is 0.129. The zero-order chi connectivity index (χ0) is 14.8. The van der Waals surface area contributed by atoms with Crippen molar-refractivity contribution in [1.82, 2.24) is 14.9 Å². The first kappa shape index (κ1) is 13.6. The number of amides is 1. The highest BCUT2D eigenvalue weighted by Gasteiger charge is 2.26. The second-order valence-electron chi connectivity index (χ2n) is 5.26. The lowest BCUT2D eigenvalue weighted by atomic mass is 9.98. The van der Waals surface area contributed by atoms with Crippen molar-refractivity contribution in [3.05, 3.63) is 42.1 Å². The van der Waals surface area contributed by atoms with E-state index < -0.39 is 6.09 Å². The van der Waals surface area contributed by atoms with Gasteiger partial charge in [0, 0.05) is 19.0 Å². The second-order valence-corrected chi connectivity index (χ2v) is 5.26. The molecule has 0 saturated carbocycles. The van der Waals surface area contributed by atoms with Crippen LogP contribution < -0.4 is 0 Å². The van der Waals surface area contributed by atoms with Crippen LogP contribution in [0.3, 0.4) is 0 Å². The van der Waals surface area contributed by atoms with E-state index >= 15 is 0 Å². The molecule has 6 heteroatoms. The third-order valence-electron chi connectivity index (χ3n) is 3.83. The molecule has 0 aliphatic carbocycles. The van der Waals surface area contributed by atoms with E-state index in [1.54, 1.807) is 18.3 Å². The Balaban J connectivity index is 1.78. The highest BCUT2D eigenvalue weighted by atomic mass is 19.1. The molecule has 0 radical (unpaired) electrons. The van der Waals surface area contributed by atoms with Gasteiger partial charge in [-0.05, 0) is 42.7 Å². The number of benzene rings is 1. The second kappa shape index (κ2) is 5.55. The number of hydrogen-bond donors (Lipinski definition) is 2. The molecule has 1 atom stereocenters. The molecule has 2 heterocycles. The Morgan fingerprint density at radius 2 is 2.14 bits per heavy atom. The Bertz CT molecular complexity index is 639. The predicted octanol–water partition coefficient (Wildman–Crippen LogP) is 3.07. The summed E-state index contributed by atoms with van der Waals surface area (Å²) in [5.74, 6) is 0.604. The van der Waals surface area contributed by atoms with Crippen LogP contribution in [-0.4, -0.2) is 39.2 Å². The quantitative estimate of drug-likeness (QED) is 0.892. The number of nitrogens with one attached hydrogen (secondary N) is 1. The van der Waals surface area contributed by atoms with Crippen molar-refractivity contribution < 1.29 is 14.3 Å². The summed E-state index contributed by atoms with van der Waals surface area (Å²) in [7, 11) is 0. The summed E-state index contributed by atoms with van der Waals surface area (Å²) in [6.07, 6.45) is 2.58. The van der Waals surface area contributed by atoms with E-state index in [9.17, 15) is 9.18 Å².